The van der Waals surface area contributed by atoms with Gasteiger partial charge in [-0.2, -0.15) is 0 Å². The maximum Gasteiger partial charge on any atom is 0.414 e. The molecule has 3 N–H and O–H groups in total. The van der Waals surface area contributed by atoms with E-state index in [1.165, 1.54) is 12.8 Å². The zero-order valence-corrected chi connectivity index (χ0v) is 8.10. The Morgan fingerprint density at radius 2 is 1.47 bits per heavy atom. The summed E-state index contributed by atoms with van der Waals surface area (Å²) >= 11 is 0. The second-order valence-electron chi connectivity index (χ2n) is 3.70. The summed E-state index contributed by atoms with van der Waals surface area (Å²) in [6.45, 7) is 0. The Hall–Kier alpha value is -1.43. The van der Waals surface area contributed by atoms with E-state index in [-0.39, 0.29) is 0 Å². The van der Waals surface area contributed by atoms with E-state index in [1.807, 2.05) is 0 Å². The van der Waals surface area contributed by atoms with Crippen molar-refractivity contribution in [2.24, 2.45) is 0 Å². The quantitative estimate of drug-likeness (QED) is 0.476. The van der Waals surface area contributed by atoms with E-state index >= 15 is 0 Å². The molecule has 2 aliphatic heterocycles. The van der Waals surface area contributed by atoms with Crippen molar-refractivity contribution < 1.29 is 24.6 Å². The highest BCUT2D eigenvalue weighted by atomic mass is 16.4. The molecule has 2 heterocycles. The van der Waals surface area contributed by atoms with Crippen molar-refractivity contribution in [3.05, 3.63) is 0 Å². The lowest BCUT2D eigenvalue weighted by Crippen LogP contribution is -2.38. The number of hydrogen-bond acceptors (Lipinski definition) is 4. The van der Waals surface area contributed by atoms with Gasteiger partial charge in [-0.15, -0.1) is 0 Å². The number of fused-ring (bicyclic) bond motifs is 2. The summed E-state index contributed by atoms with van der Waals surface area (Å²) in [6.07, 6.45) is 4.01. The third-order valence-electron chi connectivity index (χ3n) is 2.47. The molecule has 2 saturated heterocycles. The van der Waals surface area contributed by atoms with Gasteiger partial charge in [0.15, 0.2) is 0 Å². The molecule has 84 valence electrons. The minimum Gasteiger partial charge on any atom is -0.473 e. The second-order valence-corrected chi connectivity index (χ2v) is 3.70. The first kappa shape index (κ1) is 11.6. The van der Waals surface area contributed by atoms with Crippen LogP contribution in [0, 0.1) is 0 Å². The molecule has 0 aromatic carbocycles. The Bertz CT molecular complexity index is 262. The highest BCUT2D eigenvalue weighted by molar-refractivity contribution is 6.27. The van der Waals surface area contributed by atoms with Gasteiger partial charge in [0.05, 0.1) is 0 Å². The van der Waals surface area contributed by atoms with Gasteiger partial charge in [-0.25, -0.2) is 9.59 Å². The lowest BCUT2D eigenvalue weighted by atomic mass is 10.1. The van der Waals surface area contributed by atoms with Crippen molar-refractivity contribution in [3.63, 3.8) is 0 Å². The van der Waals surface area contributed by atoms with Gasteiger partial charge in [-0.05, 0) is 12.8 Å². The van der Waals surface area contributed by atoms with E-state index in [0.29, 0.717) is 17.9 Å². The van der Waals surface area contributed by atoms with E-state index in [1.54, 1.807) is 0 Å². The molecule has 0 spiro atoms. The van der Waals surface area contributed by atoms with Gasteiger partial charge >= 0.3 is 11.9 Å². The summed E-state index contributed by atoms with van der Waals surface area (Å²) in [4.78, 5) is 29.1. The molecule has 2 rings (SSSR count). The molecule has 0 aliphatic carbocycles. The van der Waals surface area contributed by atoms with Crippen LogP contribution in [0.1, 0.15) is 25.7 Å². The second kappa shape index (κ2) is 4.88. The number of Topliss-reactive ketones (excluding diaryl/α,β-unsaturated/α-hetero) is 1. The molecule has 0 aromatic rings. The monoisotopic (exact) mass is 215 g/mol. The minimum absolute atomic E-state index is 0.459. The van der Waals surface area contributed by atoms with Crippen LogP contribution < -0.4 is 5.32 Å². The van der Waals surface area contributed by atoms with Gasteiger partial charge in [-0.1, -0.05) is 0 Å². The Morgan fingerprint density at radius 3 is 1.80 bits per heavy atom. The van der Waals surface area contributed by atoms with Crippen LogP contribution in [0.2, 0.25) is 0 Å². The molecule has 2 atom stereocenters. The number of piperidine rings is 1. The van der Waals surface area contributed by atoms with Gasteiger partial charge in [0.1, 0.15) is 5.78 Å². The van der Waals surface area contributed by atoms with Crippen LogP contribution in [0.4, 0.5) is 0 Å². The first-order valence-corrected chi connectivity index (χ1v) is 4.73. The molecule has 2 bridgehead atoms. The highest BCUT2D eigenvalue weighted by Crippen LogP contribution is 2.23. The lowest BCUT2D eigenvalue weighted by molar-refractivity contribution is -0.159. The zero-order chi connectivity index (χ0) is 11.4. The fourth-order valence-corrected chi connectivity index (χ4v) is 1.86. The number of carbonyl (C=O) groups is 3. The molecular weight excluding hydrogens is 202 g/mol. The molecule has 0 aromatic heterocycles. The summed E-state index contributed by atoms with van der Waals surface area (Å²) in [6, 6.07) is 1.08. The number of rotatable bonds is 0. The van der Waals surface area contributed by atoms with Crippen molar-refractivity contribution in [2.45, 2.75) is 37.8 Å². The van der Waals surface area contributed by atoms with Crippen molar-refractivity contribution in [1.82, 2.24) is 5.32 Å². The maximum atomic E-state index is 10.9. The number of hydrogen-bond donors (Lipinski definition) is 3. The minimum atomic E-state index is -1.82. The Balaban J connectivity index is 0.000000167. The molecule has 2 unspecified atom stereocenters. The topological polar surface area (TPSA) is 104 Å². The molecule has 0 saturated carbocycles. The smallest absolute Gasteiger partial charge is 0.414 e. The molecule has 6 nitrogen and oxygen atoms in total. The van der Waals surface area contributed by atoms with Gasteiger partial charge in [-0.3, -0.25) is 4.79 Å². The Morgan fingerprint density at radius 1 is 1.07 bits per heavy atom. The number of carboxylic acid groups (broad SMARTS) is 2. The Kier molecular flexibility index (Phi) is 3.79. The normalized spacial score (nSPS) is 27.9. The van der Waals surface area contributed by atoms with Crippen molar-refractivity contribution >= 4 is 17.7 Å². The summed E-state index contributed by atoms with van der Waals surface area (Å²) in [5.41, 5.74) is 0. The highest BCUT2D eigenvalue weighted by Gasteiger charge is 2.31. The van der Waals surface area contributed by atoms with E-state index < -0.39 is 11.9 Å². The van der Waals surface area contributed by atoms with E-state index in [4.69, 9.17) is 19.8 Å². The number of carboxylic acids is 2. The number of aliphatic carboxylic acids is 2. The molecular formula is C9H13NO5. The zero-order valence-electron chi connectivity index (χ0n) is 8.10. The number of ketones is 1. The van der Waals surface area contributed by atoms with Crippen LogP contribution >= 0.6 is 0 Å². The molecule has 2 aliphatic rings. The third kappa shape index (κ3) is 3.67. The molecule has 2 fully saturated rings. The molecule has 6 heteroatoms. The fourth-order valence-electron chi connectivity index (χ4n) is 1.86. The van der Waals surface area contributed by atoms with Crippen LogP contribution in [0.5, 0.6) is 0 Å². The summed E-state index contributed by atoms with van der Waals surface area (Å²) in [7, 11) is 0. The maximum absolute atomic E-state index is 10.9. The molecule has 0 amide bonds. The van der Waals surface area contributed by atoms with Crippen molar-refractivity contribution in [1.29, 1.82) is 0 Å². The summed E-state index contributed by atoms with van der Waals surface area (Å²) < 4.78 is 0. The first-order chi connectivity index (χ1) is 6.99. The van der Waals surface area contributed by atoms with Gasteiger partial charge < -0.3 is 15.5 Å². The largest absolute Gasteiger partial charge is 0.473 e. The standard InChI is InChI=1S/C7H11NO.C2H2O4/c9-7-3-5-1-2-6(4-7)8-5;3-1(4)2(5)6/h5-6,8H,1-4H2;(H,3,4)(H,5,6). The van der Waals surface area contributed by atoms with Crippen LogP contribution in [0.3, 0.4) is 0 Å². The van der Waals surface area contributed by atoms with Crippen LogP contribution in [-0.2, 0) is 14.4 Å². The SMILES string of the molecule is O=C(O)C(=O)O.O=C1CC2CCC(C1)N2. The Labute approximate surface area is 86.3 Å². The average molecular weight is 215 g/mol. The van der Waals surface area contributed by atoms with Gasteiger partial charge in [0.2, 0.25) is 0 Å². The predicted octanol–water partition coefficient (Wildman–Crippen LogP) is -0.374. The number of carbonyl (C=O) groups excluding carboxylic acids is 1. The summed E-state index contributed by atoms with van der Waals surface area (Å²) in [5.74, 6) is -3.19. The molecule has 15 heavy (non-hydrogen) atoms. The predicted molar refractivity (Wildman–Crippen MR) is 49.5 cm³/mol. The number of nitrogens with one attached hydrogen (secondary N) is 1. The lowest BCUT2D eigenvalue weighted by Gasteiger charge is -2.18. The van der Waals surface area contributed by atoms with E-state index in [2.05, 4.69) is 5.32 Å². The van der Waals surface area contributed by atoms with E-state index in [0.717, 1.165) is 12.8 Å². The van der Waals surface area contributed by atoms with Crippen LogP contribution in [-0.4, -0.2) is 40.0 Å². The van der Waals surface area contributed by atoms with Crippen molar-refractivity contribution in [3.8, 4) is 0 Å². The van der Waals surface area contributed by atoms with Gasteiger partial charge in [0, 0.05) is 24.9 Å². The summed E-state index contributed by atoms with van der Waals surface area (Å²) in [5, 5.41) is 18.2. The van der Waals surface area contributed by atoms with Crippen LogP contribution in [0.25, 0.3) is 0 Å². The fraction of sp³-hybridized carbons (Fsp3) is 0.667. The van der Waals surface area contributed by atoms with Crippen LogP contribution in [0.15, 0.2) is 0 Å². The first-order valence-electron chi connectivity index (χ1n) is 4.73. The van der Waals surface area contributed by atoms with Gasteiger partial charge in [0.25, 0.3) is 0 Å². The third-order valence-corrected chi connectivity index (χ3v) is 2.47. The van der Waals surface area contributed by atoms with Crippen molar-refractivity contribution in [2.75, 3.05) is 0 Å². The average Bonchev–Trinajstić information content (AvgIpc) is 2.46. The molecule has 0 radical (unpaired) electrons. The van der Waals surface area contributed by atoms with E-state index in [9.17, 15) is 4.79 Å².